The summed E-state index contributed by atoms with van der Waals surface area (Å²) >= 11 is 0. The molecule has 0 atom stereocenters. The molecule has 0 bridgehead atoms. The summed E-state index contributed by atoms with van der Waals surface area (Å²) in [4.78, 5) is 10.3. The minimum Gasteiger partial charge on any atom is -0.469 e. The topological polar surface area (TPSA) is 76.2 Å². The van der Waals surface area contributed by atoms with Gasteiger partial charge in [-0.2, -0.15) is 0 Å². The molecule has 0 aromatic carbocycles. The monoisotopic (exact) mass is 130 g/mol. The quantitative estimate of drug-likeness (QED) is 0.317. The Kier molecular flexibility index (Phi) is 3.43. The van der Waals surface area contributed by atoms with E-state index in [9.17, 15) is 4.79 Å². The van der Waals surface area contributed by atoms with Crippen LogP contribution in [0, 0.1) is 5.41 Å². The van der Waals surface area contributed by atoms with Crippen molar-refractivity contribution in [1.29, 1.82) is 5.41 Å². The van der Waals surface area contributed by atoms with Crippen LogP contribution in [0.3, 0.4) is 0 Å². The fourth-order valence-corrected chi connectivity index (χ4v) is 0.339. The van der Waals surface area contributed by atoms with Crippen LogP contribution in [-0.2, 0) is 9.53 Å². The zero-order chi connectivity index (χ0) is 7.28. The lowest BCUT2D eigenvalue weighted by Gasteiger charge is -1.95. The Morgan fingerprint density at radius 3 is 2.56 bits per heavy atom. The van der Waals surface area contributed by atoms with Crippen LogP contribution in [-0.4, -0.2) is 18.9 Å². The first kappa shape index (κ1) is 7.94. The van der Waals surface area contributed by atoms with Gasteiger partial charge in [0.2, 0.25) is 0 Å². The molecule has 0 rings (SSSR count). The summed E-state index contributed by atoms with van der Waals surface area (Å²) in [5.41, 5.74) is 4.97. The third-order valence-corrected chi connectivity index (χ3v) is 0.826. The SMILES string of the molecule is COC(=O)CCC(=N)N. The van der Waals surface area contributed by atoms with Crippen LogP contribution in [0.25, 0.3) is 0 Å². The van der Waals surface area contributed by atoms with Crippen LogP contribution in [0.15, 0.2) is 0 Å². The van der Waals surface area contributed by atoms with Gasteiger partial charge in [-0.25, -0.2) is 0 Å². The predicted octanol–water partition coefficient (Wildman–Crippen LogP) is -0.124. The molecule has 0 unspecified atom stereocenters. The predicted molar refractivity (Wildman–Crippen MR) is 33.2 cm³/mol. The maximum absolute atomic E-state index is 10.3. The lowest BCUT2D eigenvalue weighted by molar-refractivity contribution is -0.140. The second kappa shape index (κ2) is 3.88. The molecule has 0 fully saturated rings. The Bertz CT molecular complexity index is 122. The zero-order valence-corrected chi connectivity index (χ0v) is 5.31. The van der Waals surface area contributed by atoms with Gasteiger partial charge in [0.05, 0.1) is 19.4 Å². The molecule has 0 aliphatic rings. The van der Waals surface area contributed by atoms with E-state index in [2.05, 4.69) is 4.74 Å². The molecule has 0 aliphatic heterocycles. The summed E-state index contributed by atoms with van der Waals surface area (Å²) in [7, 11) is 1.31. The Morgan fingerprint density at radius 1 is 1.67 bits per heavy atom. The normalized spacial score (nSPS) is 8.56. The van der Waals surface area contributed by atoms with E-state index in [0.717, 1.165) is 0 Å². The van der Waals surface area contributed by atoms with Crippen molar-refractivity contribution in [2.45, 2.75) is 12.8 Å². The third-order valence-electron chi connectivity index (χ3n) is 0.826. The van der Waals surface area contributed by atoms with Gasteiger partial charge in [0.25, 0.3) is 0 Å². The van der Waals surface area contributed by atoms with E-state index < -0.39 is 0 Å². The molecule has 0 heterocycles. The summed E-state index contributed by atoms with van der Waals surface area (Å²) in [6, 6.07) is 0. The number of hydrogen-bond acceptors (Lipinski definition) is 3. The molecule has 3 N–H and O–H groups in total. The lowest BCUT2D eigenvalue weighted by Crippen LogP contribution is -2.12. The maximum Gasteiger partial charge on any atom is 0.305 e. The number of amidine groups is 1. The van der Waals surface area contributed by atoms with Gasteiger partial charge in [0, 0.05) is 6.42 Å². The molecule has 0 aliphatic carbocycles. The van der Waals surface area contributed by atoms with Crippen molar-refractivity contribution in [1.82, 2.24) is 0 Å². The average molecular weight is 130 g/mol. The first-order chi connectivity index (χ1) is 4.16. The molecule has 9 heavy (non-hydrogen) atoms. The fraction of sp³-hybridized carbons (Fsp3) is 0.600. The Morgan fingerprint density at radius 2 is 2.22 bits per heavy atom. The van der Waals surface area contributed by atoms with E-state index >= 15 is 0 Å². The molecule has 0 radical (unpaired) electrons. The van der Waals surface area contributed by atoms with E-state index in [1.807, 2.05) is 0 Å². The van der Waals surface area contributed by atoms with Gasteiger partial charge in [0.1, 0.15) is 0 Å². The summed E-state index contributed by atoms with van der Waals surface area (Å²) in [6.07, 6.45) is 0.485. The van der Waals surface area contributed by atoms with Gasteiger partial charge in [-0.15, -0.1) is 0 Å². The standard InChI is InChI=1S/C5H10N2O2/c1-9-5(8)3-2-4(6)7/h2-3H2,1H3,(H3,6,7). The highest BCUT2D eigenvalue weighted by atomic mass is 16.5. The van der Waals surface area contributed by atoms with E-state index in [1.54, 1.807) is 0 Å². The van der Waals surface area contributed by atoms with Crippen molar-refractivity contribution in [2.75, 3.05) is 7.11 Å². The highest BCUT2D eigenvalue weighted by Gasteiger charge is 1.99. The van der Waals surface area contributed by atoms with Gasteiger partial charge < -0.3 is 10.5 Å². The number of rotatable bonds is 3. The molecule has 0 aromatic heterocycles. The van der Waals surface area contributed by atoms with E-state index in [1.165, 1.54) is 7.11 Å². The highest BCUT2D eigenvalue weighted by Crippen LogP contribution is 1.88. The van der Waals surface area contributed by atoms with Crippen molar-refractivity contribution in [3.05, 3.63) is 0 Å². The first-order valence-electron chi connectivity index (χ1n) is 2.56. The molecular weight excluding hydrogens is 120 g/mol. The molecule has 0 amide bonds. The second-order valence-corrected chi connectivity index (χ2v) is 1.60. The van der Waals surface area contributed by atoms with Crippen molar-refractivity contribution in [3.8, 4) is 0 Å². The number of carbonyl (C=O) groups is 1. The Hall–Kier alpha value is -1.06. The first-order valence-corrected chi connectivity index (χ1v) is 2.56. The van der Waals surface area contributed by atoms with Crippen LogP contribution in [0.2, 0.25) is 0 Å². The highest BCUT2D eigenvalue weighted by molar-refractivity contribution is 5.81. The number of ether oxygens (including phenoxy) is 1. The van der Waals surface area contributed by atoms with E-state index in [0.29, 0.717) is 0 Å². The summed E-state index contributed by atoms with van der Waals surface area (Å²) in [6.45, 7) is 0. The molecule has 0 saturated heterocycles. The Balaban J connectivity index is 3.28. The number of methoxy groups -OCH3 is 1. The number of hydrogen-bond donors (Lipinski definition) is 2. The largest absolute Gasteiger partial charge is 0.469 e. The molecule has 0 saturated carbocycles. The minimum atomic E-state index is -0.329. The van der Waals surface area contributed by atoms with Crippen molar-refractivity contribution in [3.63, 3.8) is 0 Å². The number of nitrogens with two attached hydrogens (primary N) is 1. The fourth-order valence-electron chi connectivity index (χ4n) is 0.339. The molecule has 4 nitrogen and oxygen atoms in total. The third kappa shape index (κ3) is 4.80. The molecule has 0 aromatic rings. The van der Waals surface area contributed by atoms with Gasteiger partial charge >= 0.3 is 5.97 Å². The van der Waals surface area contributed by atoms with Crippen molar-refractivity contribution >= 4 is 11.8 Å². The van der Waals surface area contributed by atoms with Crippen molar-refractivity contribution in [2.24, 2.45) is 5.73 Å². The van der Waals surface area contributed by atoms with E-state index in [4.69, 9.17) is 11.1 Å². The maximum atomic E-state index is 10.3. The van der Waals surface area contributed by atoms with Crippen molar-refractivity contribution < 1.29 is 9.53 Å². The summed E-state index contributed by atoms with van der Waals surface area (Å²) in [5.74, 6) is -0.314. The zero-order valence-electron chi connectivity index (χ0n) is 5.31. The summed E-state index contributed by atoms with van der Waals surface area (Å²) < 4.78 is 4.31. The van der Waals surface area contributed by atoms with Crippen LogP contribution in [0.5, 0.6) is 0 Å². The smallest absolute Gasteiger partial charge is 0.305 e. The number of carbonyl (C=O) groups excluding carboxylic acids is 1. The van der Waals surface area contributed by atoms with Gasteiger partial charge in [-0.3, -0.25) is 10.2 Å². The second-order valence-electron chi connectivity index (χ2n) is 1.60. The molecule has 0 spiro atoms. The van der Waals surface area contributed by atoms with Gasteiger partial charge in [-0.05, 0) is 0 Å². The van der Waals surface area contributed by atoms with Gasteiger partial charge in [-0.1, -0.05) is 0 Å². The van der Waals surface area contributed by atoms with E-state index in [-0.39, 0.29) is 24.6 Å². The Labute approximate surface area is 53.5 Å². The number of nitrogens with one attached hydrogen (secondary N) is 1. The molecule has 52 valence electrons. The lowest BCUT2D eigenvalue weighted by atomic mass is 10.3. The minimum absolute atomic E-state index is 0.0143. The summed E-state index contributed by atoms with van der Waals surface area (Å²) in [5, 5.41) is 6.73. The van der Waals surface area contributed by atoms with Crippen LogP contribution in [0.4, 0.5) is 0 Å². The average Bonchev–Trinajstić information content (AvgIpc) is 1.83. The molecular formula is C5H10N2O2. The van der Waals surface area contributed by atoms with Crippen LogP contribution < -0.4 is 5.73 Å². The number of esters is 1. The van der Waals surface area contributed by atoms with Crippen LogP contribution >= 0.6 is 0 Å². The van der Waals surface area contributed by atoms with Crippen LogP contribution in [0.1, 0.15) is 12.8 Å². The van der Waals surface area contributed by atoms with Gasteiger partial charge in [0.15, 0.2) is 0 Å². The molecule has 4 heteroatoms.